The molecule has 0 saturated heterocycles. The highest BCUT2D eigenvalue weighted by Gasteiger charge is 2.19. The summed E-state index contributed by atoms with van der Waals surface area (Å²) in [6.07, 6.45) is 2.80. The lowest BCUT2D eigenvalue weighted by atomic mass is 10.1. The molecule has 1 heterocycles. The summed E-state index contributed by atoms with van der Waals surface area (Å²) < 4.78 is 7.46. The van der Waals surface area contributed by atoms with Crippen molar-refractivity contribution in [2.24, 2.45) is 0 Å². The third-order valence-corrected chi connectivity index (χ3v) is 2.85. The molecule has 0 aliphatic carbocycles. The number of imidazole rings is 1. The van der Waals surface area contributed by atoms with Crippen molar-refractivity contribution in [2.45, 2.75) is 26.5 Å². The first-order valence-electron chi connectivity index (χ1n) is 6.18. The zero-order valence-corrected chi connectivity index (χ0v) is 10.7. The van der Waals surface area contributed by atoms with E-state index in [-0.39, 0.29) is 0 Å². The first-order chi connectivity index (χ1) is 8.77. The summed E-state index contributed by atoms with van der Waals surface area (Å²) in [4.78, 5) is 4.22. The molecular weight excluding hydrogens is 228 g/mol. The number of hydrogen-bond donors (Lipinski definition) is 1. The number of benzene rings is 1. The Labute approximate surface area is 107 Å². The summed E-state index contributed by atoms with van der Waals surface area (Å²) in [7, 11) is 0. The molecule has 0 spiro atoms. The maximum atomic E-state index is 10.4. The van der Waals surface area contributed by atoms with E-state index in [0.717, 1.165) is 12.1 Å². The Kier molecular flexibility index (Phi) is 3.99. The summed E-state index contributed by atoms with van der Waals surface area (Å²) in [5.74, 6) is 1.35. The molecule has 1 unspecified atom stereocenters. The molecule has 1 aromatic heterocycles. The van der Waals surface area contributed by atoms with Gasteiger partial charge >= 0.3 is 0 Å². The Morgan fingerprint density at radius 1 is 1.33 bits per heavy atom. The predicted octanol–water partition coefficient (Wildman–Crippen LogP) is 2.38. The van der Waals surface area contributed by atoms with Crippen molar-refractivity contribution in [3.63, 3.8) is 0 Å². The van der Waals surface area contributed by atoms with Gasteiger partial charge in [-0.15, -0.1) is 0 Å². The van der Waals surface area contributed by atoms with E-state index in [2.05, 4.69) is 4.98 Å². The molecule has 0 radical (unpaired) electrons. The third-order valence-electron chi connectivity index (χ3n) is 2.85. The van der Waals surface area contributed by atoms with Crippen LogP contribution in [0.25, 0.3) is 0 Å². The lowest BCUT2D eigenvalue weighted by molar-refractivity contribution is 0.197. The molecule has 0 bridgehead atoms. The average molecular weight is 246 g/mol. The highest BCUT2D eigenvalue weighted by molar-refractivity contribution is 5.37. The Hall–Kier alpha value is -1.81. The van der Waals surface area contributed by atoms with Crippen LogP contribution in [0.5, 0.6) is 5.75 Å². The molecule has 0 fully saturated rings. The zero-order chi connectivity index (χ0) is 13.0. The molecule has 4 nitrogen and oxygen atoms in total. The number of aryl methyl sites for hydroxylation is 1. The molecule has 0 saturated carbocycles. The first-order valence-corrected chi connectivity index (χ1v) is 6.18. The Bertz CT molecular complexity index is 508. The van der Waals surface area contributed by atoms with Gasteiger partial charge in [-0.3, -0.25) is 0 Å². The van der Waals surface area contributed by atoms with E-state index in [0.29, 0.717) is 18.2 Å². The summed E-state index contributed by atoms with van der Waals surface area (Å²) in [5, 5.41) is 10.4. The van der Waals surface area contributed by atoms with E-state index in [9.17, 15) is 5.11 Å². The number of nitrogens with zero attached hydrogens (tertiary/aromatic N) is 2. The fourth-order valence-corrected chi connectivity index (χ4v) is 1.97. The van der Waals surface area contributed by atoms with Crippen LogP contribution in [-0.4, -0.2) is 21.3 Å². The standard InChI is InChI=1S/C14H18N2O2/c1-3-16-10-9-15-14(16)13(17)11-7-5-6-8-12(11)18-4-2/h5-10,13,17H,3-4H2,1-2H3. The van der Waals surface area contributed by atoms with Crippen LogP contribution in [0.15, 0.2) is 36.7 Å². The molecular formula is C14H18N2O2. The van der Waals surface area contributed by atoms with Crippen LogP contribution < -0.4 is 4.74 Å². The monoisotopic (exact) mass is 246 g/mol. The second kappa shape index (κ2) is 5.69. The molecule has 0 aliphatic rings. The van der Waals surface area contributed by atoms with Gasteiger partial charge in [0, 0.05) is 24.5 Å². The van der Waals surface area contributed by atoms with Crippen molar-refractivity contribution < 1.29 is 9.84 Å². The summed E-state index contributed by atoms with van der Waals surface area (Å²) in [5.41, 5.74) is 0.750. The quantitative estimate of drug-likeness (QED) is 0.881. The molecule has 2 aromatic rings. The van der Waals surface area contributed by atoms with Crippen LogP contribution in [-0.2, 0) is 6.54 Å². The average Bonchev–Trinajstić information content (AvgIpc) is 2.87. The van der Waals surface area contributed by atoms with Gasteiger partial charge < -0.3 is 14.4 Å². The van der Waals surface area contributed by atoms with Crippen LogP contribution >= 0.6 is 0 Å². The van der Waals surface area contributed by atoms with Gasteiger partial charge in [-0.1, -0.05) is 18.2 Å². The highest BCUT2D eigenvalue weighted by Crippen LogP contribution is 2.29. The maximum absolute atomic E-state index is 10.4. The lowest BCUT2D eigenvalue weighted by Crippen LogP contribution is -2.10. The molecule has 18 heavy (non-hydrogen) atoms. The number of para-hydroxylation sites is 1. The number of aliphatic hydroxyl groups is 1. The number of hydrogen-bond acceptors (Lipinski definition) is 3. The van der Waals surface area contributed by atoms with E-state index in [1.54, 1.807) is 6.20 Å². The number of ether oxygens (including phenoxy) is 1. The molecule has 0 aliphatic heterocycles. The van der Waals surface area contributed by atoms with Crippen molar-refractivity contribution in [3.8, 4) is 5.75 Å². The molecule has 1 atom stereocenters. The number of rotatable bonds is 5. The first kappa shape index (κ1) is 12.6. The van der Waals surface area contributed by atoms with E-state index in [1.807, 2.05) is 48.9 Å². The van der Waals surface area contributed by atoms with E-state index in [1.165, 1.54) is 0 Å². The SMILES string of the molecule is CCOc1ccccc1C(O)c1nccn1CC. The van der Waals surface area contributed by atoms with Gasteiger partial charge in [-0.25, -0.2) is 4.98 Å². The van der Waals surface area contributed by atoms with E-state index >= 15 is 0 Å². The van der Waals surface area contributed by atoms with Gasteiger partial charge in [0.25, 0.3) is 0 Å². The highest BCUT2D eigenvalue weighted by atomic mass is 16.5. The maximum Gasteiger partial charge on any atom is 0.142 e. The van der Waals surface area contributed by atoms with Crippen LogP contribution in [0.3, 0.4) is 0 Å². The van der Waals surface area contributed by atoms with Gasteiger partial charge in [0.2, 0.25) is 0 Å². The smallest absolute Gasteiger partial charge is 0.142 e. The predicted molar refractivity (Wildman–Crippen MR) is 69.6 cm³/mol. The molecule has 1 N–H and O–H groups in total. The molecule has 96 valence electrons. The van der Waals surface area contributed by atoms with Gasteiger partial charge in [0.05, 0.1) is 6.61 Å². The van der Waals surface area contributed by atoms with Crippen molar-refractivity contribution >= 4 is 0 Å². The molecule has 0 amide bonds. The van der Waals surface area contributed by atoms with Gasteiger partial charge in [-0.05, 0) is 19.9 Å². The fourth-order valence-electron chi connectivity index (χ4n) is 1.97. The minimum Gasteiger partial charge on any atom is -0.493 e. The Balaban J connectivity index is 2.36. The van der Waals surface area contributed by atoms with Crippen LogP contribution in [0.4, 0.5) is 0 Å². The van der Waals surface area contributed by atoms with Gasteiger partial charge in [0.1, 0.15) is 17.7 Å². The minimum atomic E-state index is -0.761. The Morgan fingerprint density at radius 3 is 2.83 bits per heavy atom. The van der Waals surface area contributed by atoms with Crippen molar-refractivity contribution in [1.29, 1.82) is 0 Å². The minimum absolute atomic E-state index is 0.575. The molecule has 2 rings (SSSR count). The van der Waals surface area contributed by atoms with Crippen molar-refractivity contribution in [1.82, 2.24) is 9.55 Å². The van der Waals surface area contributed by atoms with Gasteiger partial charge in [-0.2, -0.15) is 0 Å². The number of aromatic nitrogens is 2. The van der Waals surface area contributed by atoms with Crippen LogP contribution in [0.1, 0.15) is 31.3 Å². The number of aliphatic hydroxyl groups excluding tert-OH is 1. The third kappa shape index (κ3) is 2.38. The van der Waals surface area contributed by atoms with Crippen molar-refractivity contribution in [2.75, 3.05) is 6.61 Å². The Morgan fingerprint density at radius 2 is 2.11 bits per heavy atom. The summed E-state index contributed by atoms with van der Waals surface area (Å²) in [6, 6.07) is 7.51. The topological polar surface area (TPSA) is 47.3 Å². The van der Waals surface area contributed by atoms with E-state index < -0.39 is 6.10 Å². The summed E-state index contributed by atoms with van der Waals surface area (Å²) >= 11 is 0. The fraction of sp³-hybridized carbons (Fsp3) is 0.357. The molecule has 4 heteroatoms. The largest absolute Gasteiger partial charge is 0.493 e. The molecule has 1 aromatic carbocycles. The summed E-state index contributed by atoms with van der Waals surface area (Å²) in [6.45, 7) is 5.30. The normalized spacial score (nSPS) is 12.4. The second-order valence-electron chi connectivity index (χ2n) is 3.94. The van der Waals surface area contributed by atoms with E-state index in [4.69, 9.17) is 4.74 Å². The lowest BCUT2D eigenvalue weighted by Gasteiger charge is -2.16. The zero-order valence-electron chi connectivity index (χ0n) is 10.7. The second-order valence-corrected chi connectivity index (χ2v) is 3.94. The van der Waals surface area contributed by atoms with Crippen molar-refractivity contribution in [3.05, 3.63) is 48.0 Å². The van der Waals surface area contributed by atoms with Crippen LogP contribution in [0, 0.1) is 0 Å². The van der Waals surface area contributed by atoms with Gasteiger partial charge in [0.15, 0.2) is 0 Å². The van der Waals surface area contributed by atoms with Crippen LogP contribution in [0.2, 0.25) is 0 Å².